The van der Waals surface area contributed by atoms with Crippen LogP contribution in [0.2, 0.25) is 0 Å². The highest BCUT2D eigenvalue weighted by atomic mass is 32.1. The monoisotopic (exact) mass is 167 g/mol. The third-order valence-corrected chi connectivity index (χ3v) is 2.28. The van der Waals surface area contributed by atoms with E-state index >= 15 is 0 Å². The van der Waals surface area contributed by atoms with Crippen LogP contribution in [0.1, 0.15) is 17.5 Å². The van der Waals surface area contributed by atoms with E-state index in [0.717, 1.165) is 5.01 Å². The molecule has 0 aliphatic heterocycles. The first-order valence-corrected chi connectivity index (χ1v) is 4.20. The van der Waals surface area contributed by atoms with Crippen molar-refractivity contribution >= 4 is 11.3 Å². The summed E-state index contributed by atoms with van der Waals surface area (Å²) in [6.45, 7) is 0. The van der Waals surface area contributed by atoms with Crippen molar-refractivity contribution in [3.05, 3.63) is 16.6 Å². The lowest BCUT2D eigenvalue weighted by Crippen LogP contribution is -2.15. The molecule has 0 radical (unpaired) electrons. The van der Waals surface area contributed by atoms with E-state index in [-0.39, 0.29) is 6.04 Å². The number of hydrogen-bond donors (Lipinski definition) is 1. The second-order valence-electron chi connectivity index (χ2n) is 2.07. The van der Waals surface area contributed by atoms with Gasteiger partial charge in [-0.3, -0.25) is 0 Å². The van der Waals surface area contributed by atoms with Gasteiger partial charge in [0, 0.05) is 11.6 Å². The van der Waals surface area contributed by atoms with Crippen molar-refractivity contribution in [1.82, 2.24) is 10.3 Å². The fourth-order valence-electron chi connectivity index (χ4n) is 0.811. The van der Waals surface area contributed by atoms with Gasteiger partial charge in [-0.25, -0.2) is 4.98 Å². The molecule has 11 heavy (non-hydrogen) atoms. The van der Waals surface area contributed by atoms with E-state index in [1.54, 1.807) is 17.5 Å². The first-order valence-electron chi connectivity index (χ1n) is 3.32. The van der Waals surface area contributed by atoms with E-state index in [1.807, 2.05) is 12.4 Å². The maximum Gasteiger partial charge on any atom is 0.111 e. The molecule has 0 saturated heterocycles. The molecule has 0 bridgehead atoms. The summed E-state index contributed by atoms with van der Waals surface area (Å²) in [5.74, 6) is 0. The minimum absolute atomic E-state index is 0.0972. The zero-order valence-corrected chi connectivity index (χ0v) is 7.06. The van der Waals surface area contributed by atoms with Crippen molar-refractivity contribution in [2.45, 2.75) is 12.5 Å². The molecule has 0 spiro atoms. The number of nitrogens with one attached hydrogen (secondary N) is 1. The normalized spacial score (nSPS) is 12.4. The first-order chi connectivity index (χ1) is 5.38. The maximum atomic E-state index is 8.45. The van der Waals surface area contributed by atoms with Crippen LogP contribution in [-0.4, -0.2) is 12.0 Å². The van der Waals surface area contributed by atoms with Gasteiger partial charge in [0.1, 0.15) is 5.01 Å². The molecule has 1 rings (SSSR count). The molecule has 0 amide bonds. The van der Waals surface area contributed by atoms with Crippen molar-refractivity contribution in [3.8, 4) is 6.07 Å². The Hall–Kier alpha value is -0.920. The quantitative estimate of drug-likeness (QED) is 0.738. The summed E-state index contributed by atoms with van der Waals surface area (Å²) in [7, 11) is 1.84. The van der Waals surface area contributed by atoms with E-state index in [9.17, 15) is 0 Å². The second-order valence-corrected chi connectivity index (χ2v) is 3.00. The molecule has 1 N–H and O–H groups in total. The molecule has 1 unspecified atom stereocenters. The number of rotatable bonds is 3. The second kappa shape index (κ2) is 4.06. The number of nitrogens with zero attached hydrogens (tertiary/aromatic N) is 2. The smallest absolute Gasteiger partial charge is 0.111 e. The molecule has 0 aliphatic rings. The number of aromatic nitrogens is 1. The van der Waals surface area contributed by atoms with Crippen molar-refractivity contribution < 1.29 is 0 Å². The van der Waals surface area contributed by atoms with Crippen LogP contribution >= 0.6 is 11.3 Å². The average Bonchev–Trinajstić information content (AvgIpc) is 2.52. The van der Waals surface area contributed by atoms with Crippen molar-refractivity contribution in [2.24, 2.45) is 0 Å². The van der Waals surface area contributed by atoms with Crippen LogP contribution in [0.5, 0.6) is 0 Å². The lowest BCUT2D eigenvalue weighted by Gasteiger charge is -2.07. The lowest BCUT2D eigenvalue weighted by molar-refractivity contribution is 0.604. The van der Waals surface area contributed by atoms with Crippen LogP contribution in [0.3, 0.4) is 0 Å². The lowest BCUT2D eigenvalue weighted by atomic mass is 10.2. The van der Waals surface area contributed by atoms with Crippen LogP contribution in [0.25, 0.3) is 0 Å². The zero-order chi connectivity index (χ0) is 8.10. The minimum Gasteiger partial charge on any atom is -0.310 e. The van der Waals surface area contributed by atoms with Gasteiger partial charge < -0.3 is 5.32 Å². The Kier molecular flexibility index (Phi) is 3.02. The molecule has 4 heteroatoms. The highest BCUT2D eigenvalue weighted by Gasteiger charge is 2.09. The zero-order valence-electron chi connectivity index (χ0n) is 6.24. The Morgan fingerprint density at radius 2 is 2.73 bits per heavy atom. The van der Waals surface area contributed by atoms with Gasteiger partial charge in [0.2, 0.25) is 0 Å². The molecule has 1 atom stereocenters. The largest absolute Gasteiger partial charge is 0.310 e. The molecular weight excluding hydrogens is 158 g/mol. The van der Waals surface area contributed by atoms with Gasteiger partial charge in [0.25, 0.3) is 0 Å². The topological polar surface area (TPSA) is 48.7 Å². The summed E-state index contributed by atoms with van der Waals surface area (Å²) in [6, 6.07) is 2.21. The maximum absolute atomic E-state index is 8.45. The van der Waals surface area contributed by atoms with Crippen LogP contribution in [0.4, 0.5) is 0 Å². The summed E-state index contributed by atoms with van der Waals surface area (Å²) >= 11 is 1.57. The Morgan fingerprint density at radius 1 is 1.91 bits per heavy atom. The predicted octanol–water partition coefficient (Wildman–Crippen LogP) is 1.32. The van der Waals surface area contributed by atoms with Crippen molar-refractivity contribution in [1.29, 1.82) is 5.26 Å². The fraction of sp³-hybridized carbons (Fsp3) is 0.429. The SMILES string of the molecule is CNC(CC#N)c1nccs1. The van der Waals surface area contributed by atoms with Gasteiger partial charge in [0.15, 0.2) is 0 Å². The molecule has 58 valence electrons. The minimum atomic E-state index is 0.0972. The van der Waals surface area contributed by atoms with Crippen molar-refractivity contribution in [3.63, 3.8) is 0 Å². The molecule has 1 aromatic rings. The summed E-state index contributed by atoms with van der Waals surface area (Å²) in [5, 5.41) is 14.4. The summed E-state index contributed by atoms with van der Waals surface area (Å²) in [4.78, 5) is 4.11. The molecule has 1 aromatic heterocycles. The van der Waals surface area contributed by atoms with E-state index in [2.05, 4.69) is 16.4 Å². The van der Waals surface area contributed by atoms with E-state index < -0.39 is 0 Å². The van der Waals surface area contributed by atoms with Crippen LogP contribution < -0.4 is 5.32 Å². The molecule has 0 saturated carbocycles. The van der Waals surface area contributed by atoms with Crippen molar-refractivity contribution in [2.75, 3.05) is 7.05 Å². The molecule has 3 nitrogen and oxygen atoms in total. The van der Waals surface area contributed by atoms with Gasteiger partial charge in [-0.15, -0.1) is 11.3 Å². The first kappa shape index (κ1) is 8.18. The average molecular weight is 167 g/mol. The summed E-state index contributed by atoms with van der Waals surface area (Å²) in [5.41, 5.74) is 0. The highest BCUT2D eigenvalue weighted by molar-refractivity contribution is 7.09. The van der Waals surface area contributed by atoms with Gasteiger partial charge in [0.05, 0.1) is 18.5 Å². The number of thiazole rings is 1. The molecule has 0 fully saturated rings. The van der Waals surface area contributed by atoms with Crippen LogP contribution in [0, 0.1) is 11.3 Å². The van der Waals surface area contributed by atoms with Crippen LogP contribution in [-0.2, 0) is 0 Å². The standard InChI is InChI=1S/C7H9N3S/c1-9-6(2-3-8)7-10-4-5-11-7/h4-6,9H,2H2,1H3. The number of nitriles is 1. The Labute approximate surface area is 69.7 Å². The third-order valence-electron chi connectivity index (χ3n) is 1.39. The Balaban J connectivity index is 2.65. The summed E-state index contributed by atoms with van der Waals surface area (Å²) < 4.78 is 0. The third kappa shape index (κ3) is 2.00. The van der Waals surface area contributed by atoms with Gasteiger partial charge in [-0.05, 0) is 7.05 Å². The van der Waals surface area contributed by atoms with E-state index in [0.29, 0.717) is 6.42 Å². The molecule has 1 heterocycles. The molecule has 0 aliphatic carbocycles. The van der Waals surface area contributed by atoms with E-state index in [4.69, 9.17) is 5.26 Å². The predicted molar refractivity (Wildman–Crippen MR) is 44.1 cm³/mol. The Bertz CT molecular complexity index is 237. The molecular formula is C7H9N3S. The van der Waals surface area contributed by atoms with E-state index in [1.165, 1.54) is 0 Å². The van der Waals surface area contributed by atoms with Gasteiger partial charge >= 0.3 is 0 Å². The van der Waals surface area contributed by atoms with Gasteiger partial charge in [-0.1, -0.05) is 0 Å². The highest BCUT2D eigenvalue weighted by Crippen LogP contribution is 2.17. The van der Waals surface area contributed by atoms with Gasteiger partial charge in [-0.2, -0.15) is 5.26 Å². The fourth-order valence-corrected chi connectivity index (χ4v) is 1.56. The molecule has 0 aromatic carbocycles. The van der Waals surface area contributed by atoms with Crippen LogP contribution in [0.15, 0.2) is 11.6 Å². The Morgan fingerprint density at radius 3 is 3.18 bits per heavy atom. The number of hydrogen-bond acceptors (Lipinski definition) is 4. The summed E-state index contributed by atoms with van der Waals surface area (Å²) in [6.07, 6.45) is 2.23.